The van der Waals surface area contributed by atoms with Gasteiger partial charge in [-0.1, -0.05) is 292 Å². The molecule has 516 valence electrons. The minimum absolute atomic E-state index is 0.104. The molecular weight excluding hydrogens is 1150 g/mol. The first kappa shape index (κ1) is 85.1. The van der Waals surface area contributed by atoms with Crippen molar-refractivity contribution >= 4 is 39.5 Å². The molecule has 0 saturated carbocycles. The molecular formula is C68H132O17P2. The van der Waals surface area contributed by atoms with Gasteiger partial charge in [-0.15, -0.1) is 0 Å². The number of phosphoric acid groups is 2. The zero-order valence-electron chi connectivity index (χ0n) is 56.3. The van der Waals surface area contributed by atoms with Gasteiger partial charge in [0.25, 0.3) is 0 Å². The van der Waals surface area contributed by atoms with E-state index in [0.29, 0.717) is 25.7 Å². The molecule has 19 heteroatoms. The Labute approximate surface area is 530 Å². The van der Waals surface area contributed by atoms with E-state index in [1.165, 1.54) is 154 Å². The molecule has 0 aliphatic rings. The van der Waals surface area contributed by atoms with Gasteiger partial charge in [0.2, 0.25) is 0 Å². The average molecular weight is 1280 g/mol. The van der Waals surface area contributed by atoms with Crippen LogP contribution in [0.25, 0.3) is 0 Å². The largest absolute Gasteiger partial charge is 0.472 e. The molecule has 0 aromatic carbocycles. The Morgan fingerprint density at radius 1 is 0.333 bits per heavy atom. The number of unbranched alkanes of at least 4 members (excludes halogenated alkanes) is 36. The molecule has 0 bridgehead atoms. The lowest BCUT2D eigenvalue weighted by molar-refractivity contribution is -0.161. The van der Waals surface area contributed by atoms with Crippen LogP contribution < -0.4 is 0 Å². The molecule has 0 rings (SSSR count). The highest BCUT2D eigenvalue weighted by Crippen LogP contribution is 2.45. The highest BCUT2D eigenvalue weighted by molar-refractivity contribution is 7.47. The molecule has 0 aliphatic heterocycles. The third-order valence-electron chi connectivity index (χ3n) is 16.1. The van der Waals surface area contributed by atoms with Crippen molar-refractivity contribution in [1.29, 1.82) is 0 Å². The second kappa shape index (κ2) is 60.3. The van der Waals surface area contributed by atoms with Crippen LogP contribution >= 0.6 is 15.6 Å². The number of carbonyl (C=O) groups is 4. The predicted molar refractivity (Wildman–Crippen MR) is 349 cm³/mol. The van der Waals surface area contributed by atoms with Gasteiger partial charge in [0, 0.05) is 25.7 Å². The Hall–Kier alpha value is -1.94. The Morgan fingerprint density at radius 2 is 0.586 bits per heavy atom. The molecule has 0 radical (unpaired) electrons. The van der Waals surface area contributed by atoms with Gasteiger partial charge in [0.05, 0.1) is 26.4 Å². The number of esters is 4. The van der Waals surface area contributed by atoms with Crippen LogP contribution in [-0.2, 0) is 65.4 Å². The summed E-state index contributed by atoms with van der Waals surface area (Å²) in [4.78, 5) is 72.2. The first-order valence-corrected chi connectivity index (χ1v) is 38.5. The summed E-state index contributed by atoms with van der Waals surface area (Å²) >= 11 is 0. The van der Waals surface area contributed by atoms with Crippen molar-refractivity contribution < 1.29 is 80.2 Å². The van der Waals surface area contributed by atoms with Crippen LogP contribution in [-0.4, -0.2) is 96.7 Å². The number of phosphoric ester groups is 2. The highest BCUT2D eigenvalue weighted by Gasteiger charge is 2.30. The number of aliphatic hydroxyl groups excluding tert-OH is 1. The van der Waals surface area contributed by atoms with Gasteiger partial charge in [0.15, 0.2) is 12.2 Å². The maximum absolute atomic E-state index is 13.0. The molecule has 0 aromatic heterocycles. The Morgan fingerprint density at radius 3 is 0.874 bits per heavy atom. The van der Waals surface area contributed by atoms with Crippen molar-refractivity contribution in [2.75, 3.05) is 39.6 Å². The van der Waals surface area contributed by atoms with E-state index in [0.717, 1.165) is 108 Å². The van der Waals surface area contributed by atoms with Crippen LogP contribution in [0.3, 0.4) is 0 Å². The van der Waals surface area contributed by atoms with E-state index < -0.39 is 97.5 Å². The van der Waals surface area contributed by atoms with E-state index in [1.807, 2.05) is 0 Å². The fourth-order valence-corrected chi connectivity index (χ4v) is 11.8. The fraction of sp³-hybridized carbons (Fsp3) is 0.941. The van der Waals surface area contributed by atoms with E-state index in [1.54, 1.807) is 0 Å². The predicted octanol–water partition coefficient (Wildman–Crippen LogP) is 19.2. The summed E-state index contributed by atoms with van der Waals surface area (Å²) in [5.74, 6) is -0.574. The fourth-order valence-electron chi connectivity index (χ4n) is 10.2. The molecule has 0 amide bonds. The number of aliphatic hydroxyl groups is 1. The number of hydrogen-bond donors (Lipinski definition) is 3. The summed E-state index contributed by atoms with van der Waals surface area (Å²) in [7, 11) is -9.89. The lowest BCUT2D eigenvalue weighted by Gasteiger charge is -2.21. The quantitative estimate of drug-likeness (QED) is 0.0222. The van der Waals surface area contributed by atoms with Gasteiger partial charge in [-0.05, 0) is 37.5 Å². The van der Waals surface area contributed by atoms with E-state index >= 15 is 0 Å². The number of carbonyl (C=O) groups excluding carboxylic acids is 4. The topological polar surface area (TPSA) is 237 Å². The molecule has 0 spiro atoms. The number of ether oxygens (including phenoxy) is 4. The van der Waals surface area contributed by atoms with Crippen molar-refractivity contribution in [3.05, 3.63) is 0 Å². The lowest BCUT2D eigenvalue weighted by Crippen LogP contribution is -2.30. The van der Waals surface area contributed by atoms with Crippen molar-refractivity contribution in [3.8, 4) is 0 Å². The molecule has 17 nitrogen and oxygen atoms in total. The van der Waals surface area contributed by atoms with Gasteiger partial charge < -0.3 is 33.8 Å². The third kappa shape index (κ3) is 61.3. The summed E-state index contributed by atoms with van der Waals surface area (Å²) in [5, 5.41) is 10.5. The van der Waals surface area contributed by atoms with Crippen molar-refractivity contribution in [2.24, 2.45) is 11.8 Å². The van der Waals surface area contributed by atoms with E-state index in [2.05, 4.69) is 41.5 Å². The molecule has 0 heterocycles. The van der Waals surface area contributed by atoms with Crippen LogP contribution in [0.5, 0.6) is 0 Å². The normalized spacial score (nSPS) is 14.5. The van der Waals surface area contributed by atoms with E-state index in [-0.39, 0.29) is 25.7 Å². The SMILES string of the molecule is CCCCCCCCCCCCCCCC(=O)OC[C@H](COP(=O)(O)OC[C@@H](O)COP(=O)(O)OC[C@@H](COC(=O)CCCCCCC)OC(=O)CCCCCCCCCCC(C)C)OC(=O)CCCCCCCCCCCCCCCCC(C)CC. The minimum Gasteiger partial charge on any atom is -0.462 e. The summed E-state index contributed by atoms with van der Waals surface area (Å²) in [6.07, 6.45) is 44.8. The van der Waals surface area contributed by atoms with Crippen LogP contribution in [0.2, 0.25) is 0 Å². The molecule has 0 aliphatic carbocycles. The second-order valence-corrected chi connectivity index (χ2v) is 28.2. The number of rotatable bonds is 67. The zero-order valence-corrected chi connectivity index (χ0v) is 58.1. The summed E-state index contributed by atoms with van der Waals surface area (Å²) in [6.45, 7) is 9.46. The molecule has 0 fully saturated rings. The van der Waals surface area contributed by atoms with Crippen LogP contribution in [0, 0.1) is 11.8 Å². The van der Waals surface area contributed by atoms with Gasteiger partial charge in [0.1, 0.15) is 19.3 Å². The van der Waals surface area contributed by atoms with Crippen LogP contribution in [0.1, 0.15) is 343 Å². The average Bonchev–Trinajstić information content (AvgIpc) is 3.60. The Bertz CT molecular complexity index is 1700. The Kier molecular flexibility index (Phi) is 59.0. The monoisotopic (exact) mass is 1280 g/mol. The van der Waals surface area contributed by atoms with Gasteiger partial charge in [-0.25, -0.2) is 9.13 Å². The second-order valence-electron chi connectivity index (χ2n) is 25.3. The molecule has 0 saturated heterocycles. The maximum Gasteiger partial charge on any atom is 0.472 e. The minimum atomic E-state index is -4.95. The van der Waals surface area contributed by atoms with Gasteiger partial charge in [-0.3, -0.25) is 37.3 Å². The van der Waals surface area contributed by atoms with E-state index in [9.17, 15) is 43.2 Å². The summed E-state index contributed by atoms with van der Waals surface area (Å²) in [5.41, 5.74) is 0. The molecule has 3 N–H and O–H groups in total. The standard InChI is InChI=1S/C68H132O17P2/c1-7-10-12-14-15-16-17-20-24-27-33-39-45-51-66(71)79-57-64(85-67(72)52-46-40-34-28-25-22-19-18-21-23-26-32-38-43-49-61(6)9-3)59-83-87(76,77)81-55-62(69)54-80-86(74,75)82-58-63(56-78-65(70)50-44-36-13-11-8-2)84-68(73)53-47-41-35-30-29-31-37-42-48-60(4)5/h60-64,69H,7-59H2,1-6H3,(H,74,75)(H,76,77)/t61?,62-,63+,64+/m0/s1. The molecule has 87 heavy (non-hydrogen) atoms. The van der Waals surface area contributed by atoms with Crippen molar-refractivity contribution in [1.82, 2.24) is 0 Å². The van der Waals surface area contributed by atoms with Crippen LogP contribution in [0.15, 0.2) is 0 Å². The molecule has 3 unspecified atom stereocenters. The highest BCUT2D eigenvalue weighted by atomic mass is 31.2. The first-order valence-electron chi connectivity index (χ1n) is 35.5. The Balaban J connectivity index is 5.16. The maximum atomic E-state index is 13.0. The first-order chi connectivity index (χ1) is 41.9. The zero-order chi connectivity index (χ0) is 64.3. The molecule has 6 atom stereocenters. The van der Waals surface area contributed by atoms with Crippen molar-refractivity contribution in [2.45, 2.75) is 362 Å². The smallest absolute Gasteiger partial charge is 0.462 e. The lowest BCUT2D eigenvalue weighted by atomic mass is 9.99. The van der Waals surface area contributed by atoms with Crippen LogP contribution in [0.4, 0.5) is 0 Å². The van der Waals surface area contributed by atoms with Gasteiger partial charge >= 0.3 is 39.5 Å². The molecule has 0 aromatic rings. The summed E-state index contributed by atoms with van der Waals surface area (Å²) < 4.78 is 68.0. The van der Waals surface area contributed by atoms with Gasteiger partial charge in [-0.2, -0.15) is 0 Å². The summed E-state index contributed by atoms with van der Waals surface area (Å²) in [6, 6.07) is 0. The van der Waals surface area contributed by atoms with E-state index in [4.69, 9.17) is 37.0 Å². The third-order valence-corrected chi connectivity index (χ3v) is 18.0. The van der Waals surface area contributed by atoms with Crippen molar-refractivity contribution in [3.63, 3.8) is 0 Å². The number of hydrogen-bond acceptors (Lipinski definition) is 15.